The van der Waals surface area contributed by atoms with Gasteiger partial charge in [-0.05, 0) is 30.5 Å². The van der Waals surface area contributed by atoms with Gasteiger partial charge in [0.2, 0.25) is 17.6 Å². The predicted molar refractivity (Wildman–Crippen MR) is 105 cm³/mol. The molecule has 28 heavy (non-hydrogen) atoms. The Morgan fingerprint density at radius 2 is 1.89 bits per heavy atom. The molecular weight excluding hydrogens is 400 g/mol. The molecule has 1 atom stereocenters. The second kappa shape index (κ2) is 8.03. The topological polar surface area (TPSA) is 96.3 Å². The number of thiophene rings is 1. The molecule has 0 N–H and O–H groups in total. The number of hydrogen-bond donors (Lipinski definition) is 0. The Labute approximate surface area is 168 Å². The van der Waals surface area contributed by atoms with Gasteiger partial charge in [0.15, 0.2) is 0 Å². The third-order valence-corrected chi connectivity index (χ3v) is 5.60. The van der Waals surface area contributed by atoms with Gasteiger partial charge in [0.1, 0.15) is 11.5 Å². The maximum atomic E-state index is 5.78. The molecule has 0 amide bonds. The number of methoxy groups -OCH3 is 2. The van der Waals surface area contributed by atoms with Crippen LogP contribution in [0.1, 0.15) is 18.1 Å². The summed E-state index contributed by atoms with van der Waals surface area (Å²) in [7, 11) is 3.17. The van der Waals surface area contributed by atoms with Gasteiger partial charge in [-0.1, -0.05) is 23.0 Å². The van der Waals surface area contributed by atoms with E-state index >= 15 is 0 Å². The van der Waals surface area contributed by atoms with Crippen LogP contribution in [0.2, 0.25) is 0 Å². The molecule has 0 saturated heterocycles. The minimum atomic E-state index is -0.144. The molecule has 3 heterocycles. The van der Waals surface area contributed by atoms with Crippen molar-refractivity contribution in [3.8, 4) is 33.7 Å². The average Bonchev–Trinajstić information content (AvgIpc) is 3.48. The Balaban J connectivity index is 1.51. The molecule has 1 unspecified atom stereocenters. The summed E-state index contributed by atoms with van der Waals surface area (Å²) >= 11 is 2.91. The Hall–Kier alpha value is -2.85. The Morgan fingerprint density at radius 3 is 2.57 bits per heavy atom. The van der Waals surface area contributed by atoms with Crippen molar-refractivity contribution < 1.29 is 18.4 Å². The zero-order valence-electron chi connectivity index (χ0n) is 15.3. The maximum absolute atomic E-state index is 5.78. The summed E-state index contributed by atoms with van der Waals surface area (Å²) in [6.07, 6.45) is 0. The smallest absolute Gasteiger partial charge is 0.277 e. The summed E-state index contributed by atoms with van der Waals surface area (Å²) in [6, 6.07) is 9.28. The van der Waals surface area contributed by atoms with E-state index in [4.69, 9.17) is 18.4 Å². The minimum absolute atomic E-state index is 0.144. The van der Waals surface area contributed by atoms with E-state index in [-0.39, 0.29) is 5.25 Å². The van der Waals surface area contributed by atoms with E-state index in [1.54, 1.807) is 43.8 Å². The van der Waals surface area contributed by atoms with Gasteiger partial charge in [-0.3, -0.25) is 0 Å². The molecule has 0 aliphatic rings. The highest BCUT2D eigenvalue weighted by molar-refractivity contribution is 7.99. The highest BCUT2D eigenvalue weighted by atomic mass is 32.2. The molecular formula is C18H16N4O4S2. The van der Waals surface area contributed by atoms with Crippen molar-refractivity contribution >= 4 is 23.1 Å². The molecule has 0 aliphatic heterocycles. The van der Waals surface area contributed by atoms with Crippen LogP contribution in [0.5, 0.6) is 11.5 Å². The molecule has 0 aliphatic carbocycles. The van der Waals surface area contributed by atoms with Gasteiger partial charge in [-0.2, -0.15) is 4.98 Å². The van der Waals surface area contributed by atoms with Crippen LogP contribution in [0.3, 0.4) is 0 Å². The van der Waals surface area contributed by atoms with Crippen LogP contribution in [0.4, 0.5) is 0 Å². The number of ether oxygens (including phenoxy) is 2. The second-order valence-corrected chi connectivity index (χ2v) is 7.91. The van der Waals surface area contributed by atoms with Gasteiger partial charge in [0.05, 0.1) is 24.3 Å². The van der Waals surface area contributed by atoms with Crippen LogP contribution in [0.25, 0.3) is 22.2 Å². The molecule has 3 aromatic heterocycles. The summed E-state index contributed by atoms with van der Waals surface area (Å²) in [5.74, 6) is 2.73. The SMILES string of the molecule is COc1cc(OC)cc(-c2nnc(SC(C)c3nc(-c4cccs4)no3)o2)c1. The number of rotatable bonds is 7. The quantitative estimate of drug-likeness (QED) is 0.396. The lowest BCUT2D eigenvalue weighted by Gasteiger charge is -2.05. The summed E-state index contributed by atoms with van der Waals surface area (Å²) in [6.45, 7) is 1.94. The molecule has 0 radical (unpaired) electrons. The fraction of sp³-hybridized carbons (Fsp3) is 0.222. The molecule has 8 nitrogen and oxygen atoms in total. The van der Waals surface area contributed by atoms with E-state index in [9.17, 15) is 0 Å². The van der Waals surface area contributed by atoms with Crippen molar-refractivity contribution in [3.63, 3.8) is 0 Å². The molecule has 4 rings (SSSR count). The van der Waals surface area contributed by atoms with Crippen LogP contribution in [0.15, 0.2) is 49.9 Å². The predicted octanol–water partition coefficient (Wildman–Crippen LogP) is 4.72. The van der Waals surface area contributed by atoms with Gasteiger partial charge < -0.3 is 18.4 Å². The van der Waals surface area contributed by atoms with Crippen molar-refractivity contribution in [2.24, 2.45) is 0 Å². The van der Waals surface area contributed by atoms with Gasteiger partial charge in [0.25, 0.3) is 5.22 Å². The zero-order valence-corrected chi connectivity index (χ0v) is 16.9. The molecule has 0 fully saturated rings. The van der Waals surface area contributed by atoms with Crippen LogP contribution in [-0.4, -0.2) is 34.6 Å². The number of benzene rings is 1. The van der Waals surface area contributed by atoms with Crippen molar-refractivity contribution in [3.05, 3.63) is 41.6 Å². The standard InChI is InChI=1S/C18H16N4O4S2/c1-10(16-19-15(22-26-16)14-5-4-6-27-14)28-18-21-20-17(25-18)11-7-12(23-2)9-13(8-11)24-3/h4-10H,1-3H3. The first-order valence-corrected chi connectivity index (χ1v) is 10.0. The monoisotopic (exact) mass is 416 g/mol. The Kier molecular flexibility index (Phi) is 5.31. The van der Waals surface area contributed by atoms with Crippen LogP contribution in [0, 0.1) is 0 Å². The van der Waals surface area contributed by atoms with E-state index in [1.165, 1.54) is 11.8 Å². The normalized spacial score (nSPS) is 12.1. The lowest BCUT2D eigenvalue weighted by Crippen LogP contribution is -1.89. The van der Waals surface area contributed by atoms with Crippen molar-refractivity contribution in [2.45, 2.75) is 17.4 Å². The van der Waals surface area contributed by atoms with Gasteiger partial charge in [0, 0.05) is 11.6 Å². The molecule has 4 aromatic rings. The minimum Gasteiger partial charge on any atom is -0.497 e. The van der Waals surface area contributed by atoms with Crippen LogP contribution >= 0.6 is 23.1 Å². The summed E-state index contributed by atoms with van der Waals surface area (Å²) in [5, 5.41) is 14.5. The largest absolute Gasteiger partial charge is 0.497 e. The number of thioether (sulfide) groups is 1. The van der Waals surface area contributed by atoms with Gasteiger partial charge in [-0.15, -0.1) is 21.5 Å². The maximum Gasteiger partial charge on any atom is 0.277 e. The van der Waals surface area contributed by atoms with Crippen molar-refractivity contribution in [1.29, 1.82) is 0 Å². The number of nitrogens with zero attached hydrogens (tertiary/aromatic N) is 4. The summed E-state index contributed by atoms with van der Waals surface area (Å²) in [5.41, 5.74) is 0.709. The summed E-state index contributed by atoms with van der Waals surface area (Å²) in [4.78, 5) is 5.41. The first-order valence-electron chi connectivity index (χ1n) is 8.27. The molecule has 0 bridgehead atoms. The second-order valence-electron chi connectivity index (χ2n) is 5.67. The molecule has 0 spiro atoms. The molecule has 144 valence electrons. The number of aromatic nitrogens is 4. The fourth-order valence-electron chi connectivity index (χ4n) is 2.41. The summed E-state index contributed by atoms with van der Waals surface area (Å²) < 4.78 is 21.7. The number of hydrogen-bond acceptors (Lipinski definition) is 10. The van der Waals surface area contributed by atoms with Crippen molar-refractivity contribution in [1.82, 2.24) is 20.3 Å². The van der Waals surface area contributed by atoms with Gasteiger partial charge >= 0.3 is 0 Å². The van der Waals surface area contributed by atoms with E-state index in [0.717, 1.165) is 4.88 Å². The van der Waals surface area contributed by atoms with Crippen LogP contribution in [-0.2, 0) is 0 Å². The average molecular weight is 416 g/mol. The molecule has 1 aromatic carbocycles. The molecule has 0 saturated carbocycles. The highest BCUT2D eigenvalue weighted by Crippen LogP contribution is 2.36. The fourth-order valence-corrected chi connectivity index (χ4v) is 3.78. The lowest BCUT2D eigenvalue weighted by molar-refractivity contribution is 0.379. The van der Waals surface area contributed by atoms with Crippen LogP contribution < -0.4 is 9.47 Å². The van der Waals surface area contributed by atoms with Crippen molar-refractivity contribution in [2.75, 3.05) is 14.2 Å². The third-order valence-electron chi connectivity index (χ3n) is 3.81. The zero-order chi connectivity index (χ0) is 19.5. The van der Waals surface area contributed by atoms with E-state index in [1.807, 2.05) is 24.4 Å². The van der Waals surface area contributed by atoms with E-state index in [2.05, 4.69) is 20.3 Å². The highest BCUT2D eigenvalue weighted by Gasteiger charge is 2.20. The Bertz CT molecular complexity index is 1040. The van der Waals surface area contributed by atoms with E-state index < -0.39 is 0 Å². The van der Waals surface area contributed by atoms with E-state index in [0.29, 0.717) is 39.9 Å². The van der Waals surface area contributed by atoms with Gasteiger partial charge in [-0.25, -0.2) is 0 Å². The third kappa shape index (κ3) is 3.87. The molecule has 10 heteroatoms. The first kappa shape index (κ1) is 18.5. The Morgan fingerprint density at radius 1 is 1.11 bits per heavy atom. The lowest BCUT2D eigenvalue weighted by atomic mass is 10.2. The first-order chi connectivity index (χ1) is 13.7.